The third kappa shape index (κ3) is 4.76. The molecule has 7 nitrogen and oxygen atoms in total. The van der Waals surface area contributed by atoms with Crippen molar-refractivity contribution >= 4 is 15.9 Å². The number of amides is 1. The van der Waals surface area contributed by atoms with Crippen molar-refractivity contribution in [1.82, 2.24) is 9.62 Å². The fourth-order valence-electron chi connectivity index (χ4n) is 3.64. The summed E-state index contributed by atoms with van der Waals surface area (Å²) < 4.78 is 37.5. The summed E-state index contributed by atoms with van der Waals surface area (Å²) in [4.78, 5) is 13.0. The van der Waals surface area contributed by atoms with Crippen molar-refractivity contribution in [3.05, 3.63) is 54.1 Å². The zero-order valence-electron chi connectivity index (χ0n) is 17.5. The van der Waals surface area contributed by atoms with E-state index in [0.29, 0.717) is 37.4 Å². The second-order valence-electron chi connectivity index (χ2n) is 7.34. The van der Waals surface area contributed by atoms with Gasteiger partial charge in [-0.05, 0) is 49.6 Å². The van der Waals surface area contributed by atoms with Crippen LogP contribution in [0.5, 0.6) is 11.5 Å². The molecule has 1 amide bonds. The van der Waals surface area contributed by atoms with Gasteiger partial charge >= 0.3 is 0 Å². The molecule has 0 aromatic heterocycles. The Labute approximate surface area is 178 Å². The predicted octanol–water partition coefficient (Wildman–Crippen LogP) is 2.98. The highest BCUT2D eigenvalue weighted by Crippen LogP contribution is 2.30. The molecule has 0 spiro atoms. The molecular weight excluding hydrogens is 404 g/mol. The molecule has 0 aliphatic carbocycles. The molecule has 1 aliphatic heterocycles. The average Bonchev–Trinajstić information content (AvgIpc) is 2.79. The molecule has 3 rings (SSSR count). The van der Waals surface area contributed by atoms with Crippen LogP contribution in [0.3, 0.4) is 0 Å². The summed E-state index contributed by atoms with van der Waals surface area (Å²) in [5, 5.41) is 3.04. The molecule has 1 fully saturated rings. The van der Waals surface area contributed by atoms with E-state index in [2.05, 4.69) is 5.32 Å². The van der Waals surface area contributed by atoms with Crippen molar-refractivity contribution in [2.75, 3.05) is 27.3 Å². The Morgan fingerprint density at radius 3 is 2.27 bits per heavy atom. The standard InChI is InChI=1S/C22H28N2O5S/c1-16(18-9-10-20(28-2)21(15-18)29-3)23-22(25)17-11-13-24(14-12-17)30(26,27)19-7-5-4-6-8-19/h4-10,15-17H,11-14H2,1-3H3,(H,23,25)/t16-/m1/s1. The fraction of sp³-hybridized carbons (Fsp3) is 0.409. The van der Waals surface area contributed by atoms with Gasteiger partial charge in [0.05, 0.1) is 25.2 Å². The lowest BCUT2D eigenvalue weighted by Gasteiger charge is -2.31. The van der Waals surface area contributed by atoms with Crippen LogP contribution in [0.2, 0.25) is 0 Å². The van der Waals surface area contributed by atoms with E-state index in [-0.39, 0.29) is 22.8 Å². The lowest BCUT2D eigenvalue weighted by molar-refractivity contribution is -0.126. The lowest BCUT2D eigenvalue weighted by atomic mass is 9.96. The van der Waals surface area contributed by atoms with Crippen LogP contribution in [0.1, 0.15) is 31.4 Å². The number of piperidine rings is 1. The van der Waals surface area contributed by atoms with Gasteiger partial charge in [0, 0.05) is 19.0 Å². The number of hydrogen-bond donors (Lipinski definition) is 1. The minimum Gasteiger partial charge on any atom is -0.493 e. The van der Waals surface area contributed by atoms with Gasteiger partial charge in [0.2, 0.25) is 15.9 Å². The van der Waals surface area contributed by atoms with Crippen LogP contribution < -0.4 is 14.8 Å². The molecule has 1 saturated heterocycles. The van der Waals surface area contributed by atoms with Crippen molar-refractivity contribution in [2.45, 2.75) is 30.7 Å². The van der Waals surface area contributed by atoms with Gasteiger partial charge < -0.3 is 14.8 Å². The molecule has 2 aromatic carbocycles. The van der Waals surface area contributed by atoms with Crippen LogP contribution >= 0.6 is 0 Å². The van der Waals surface area contributed by atoms with Crippen molar-refractivity contribution in [3.8, 4) is 11.5 Å². The van der Waals surface area contributed by atoms with Gasteiger partial charge in [-0.1, -0.05) is 24.3 Å². The fourth-order valence-corrected chi connectivity index (χ4v) is 5.13. The molecule has 8 heteroatoms. The van der Waals surface area contributed by atoms with Crippen LogP contribution in [0.4, 0.5) is 0 Å². The third-order valence-electron chi connectivity index (χ3n) is 5.47. The van der Waals surface area contributed by atoms with Crippen LogP contribution in [-0.2, 0) is 14.8 Å². The second kappa shape index (κ2) is 9.49. The molecule has 0 unspecified atom stereocenters. The molecule has 0 bridgehead atoms. The van der Waals surface area contributed by atoms with Crippen molar-refractivity contribution in [1.29, 1.82) is 0 Å². The molecule has 1 N–H and O–H groups in total. The smallest absolute Gasteiger partial charge is 0.243 e. The SMILES string of the molecule is COc1ccc([C@@H](C)NC(=O)C2CCN(S(=O)(=O)c3ccccc3)CC2)cc1OC. The summed E-state index contributed by atoms with van der Waals surface area (Å²) in [6.45, 7) is 2.58. The highest BCUT2D eigenvalue weighted by molar-refractivity contribution is 7.89. The number of rotatable bonds is 7. The monoisotopic (exact) mass is 432 g/mol. The summed E-state index contributed by atoms with van der Waals surface area (Å²) in [5.41, 5.74) is 0.907. The number of carbonyl (C=O) groups excluding carboxylic acids is 1. The molecule has 162 valence electrons. The van der Waals surface area contributed by atoms with Gasteiger partial charge in [-0.2, -0.15) is 4.31 Å². The second-order valence-corrected chi connectivity index (χ2v) is 9.27. The number of nitrogens with one attached hydrogen (secondary N) is 1. The van der Waals surface area contributed by atoms with Crippen molar-refractivity contribution in [2.24, 2.45) is 5.92 Å². The first-order valence-corrected chi connectivity index (χ1v) is 11.4. The van der Waals surface area contributed by atoms with Gasteiger partial charge in [0.15, 0.2) is 11.5 Å². The van der Waals surface area contributed by atoms with Crippen molar-refractivity contribution in [3.63, 3.8) is 0 Å². The van der Waals surface area contributed by atoms with Crippen LogP contribution in [-0.4, -0.2) is 45.9 Å². The summed E-state index contributed by atoms with van der Waals surface area (Å²) in [6.07, 6.45) is 0.993. The summed E-state index contributed by atoms with van der Waals surface area (Å²) in [5.74, 6) is 0.964. The topological polar surface area (TPSA) is 84.9 Å². The summed E-state index contributed by atoms with van der Waals surface area (Å²) in [6, 6.07) is 13.7. The molecule has 0 radical (unpaired) electrons. The number of ether oxygens (including phenoxy) is 2. The van der Waals surface area contributed by atoms with Crippen molar-refractivity contribution < 1.29 is 22.7 Å². The highest BCUT2D eigenvalue weighted by atomic mass is 32.2. The molecule has 0 saturated carbocycles. The highest BCUT2D eigenvalue weighted by Gasteiger charge is 2.32. The third-order valence-corrected chi connectivity index (χ3v) is 7.38. The predicted molar refractivity (Wildman–Crippen MR) is 114 cm³/mol. The zero-order chi connectivity index (χ0) is 21.7. The number of carbonyl (C=O) groups is 1. The Kier molecular flexibility index (Phi) is 6.99. The molecule has 2 aromatic rings. The van der Waals surface area contributed by atoms with E-state index in [1.54, 1.807) is 44.6 Å². The quantitative estimate of drug-likeness (QED) is 0.727. The van der Waals surface area contributed by atoms with Gasteiger partial charge in [-0.3, -0.25) is 4.79 Å². The largest absolute Gasteiger partial charge is 0.493 e. The summed E-state index contributed by atoms with van der Waals surface area (Å²) in [7, 11) is -0.368. The minimum absolute atomic E-state index is 0.0611. The maximum absolute atomic E-state index is 12.8. The maximum atomic E-state index is 12.8. The maximum Gasteiger partial charge on any atom is 0.243 e. The first kappa shape index (κ1) is 22.1. The molecule has 1 heterocycles. The van der Waals surface area contributed by atoms with Gasteiger partial charge in [0.1, 0.15) is 0 Å². The first-order chi connectivity index (χ1) is 14.4. The molecular formula is C22H28N2O5S. The Bertz CT molecular complexity index is 970. The van der Waals surface area contributed by atoms with Crippen LogP contribution in [0, 0.1) is 5.92 Å². The summed E-state index contributed by atoms with van der Waals surface area (Å²) >= 11 is 0. The van der Waals surface area contributed by atoms with E-state index >= 15 is 0 Å². The Balaban J connectivity index is 1.59. The van der Waals surface area contributed by atoms with E-state index in [1.165, 1.54) is 4.31 Å². The van der Waals surface area contributed by atoms with E-state index in [0.717, 1.165) is 5.56 Å². The normalized spacial score (nSPS) is 16.6. The van der Waals surface area contributed by atoms with Gasteiger partial charge in [0.25, 0.3) is 0 Å². The van der Waals surface area contributed by atoms with E-state index < -0.39 is 10.0 Å². The molecule has 30 heavy (non-hydrogen) atoms. The Morgan fingerprint density at radius 2 is 1.67 bits per heavy atom. The molecule has 1 aliphatic rings. The lowest BCUT2D eigenvalue weighted by Crippen LogP contribution is -2.43. The van der Waals surface area contributed by atoms with E-state index in [1.807, 2.05) is 25.1 Å². The van der Waals surface area contributed by atoms with Crippen LogP contribution in [0.25, 0.3) is 0 Å². The minimum atomic E-state index is -3.52. The van der Waals surface area contributed by atoms with E-state index in [4.69, 9.17) is 9.47 Å². The Hall–Kier alpha value is -2.58. The number of methoxy groups -OCH3 is 2. The zero-order valence-corrected chi connectivity index (χ0v) is 18.3. The van der Waals surface area contributed by atoms with E-state index in [9.17, 15) is 13.2 Å². The number of nitrogens with zero attached hydrogens (tertiary/aromatic N) is 1. The van der Waals surface area contributed by atoms with Crippen LogP contribution in [0.15, 0.2) is 53.4 Å². The number of hydrogen-bond acceptors (Lipinski definition) is 5. The molecule has 1 atom stereocenters. The van der Waals surface area contributed by atoms with Gasteiger partial charge in [-0.15, -0.1) is 0 Å². The first-order valence-electron chi connectivity index (χ1n) is 9.94. The Morgan fingerprint density at radius 1 is 1.03 bits per heavy atom. The number of benzene rings is 2. The average molecular weight is 433 g/mol. The number of sulfonamides is 1. The van der Waals surface area contributed by atoms with Gasteiger partial charge in [-0.25, -0.2) is 8.42 Å².